The molecule has 2 aliphatic rings. The van der Waals surface area contributed by atoms with Gasteiger partial charge in [-0.25, -0.2) is 0 Å². The molecule has 1 N–H and O–H groups in total. The number of ether oxygens (including phenoxy) is 3. The van der Waals surface area contributed by atoms with E-state index in [1.165, 1.54) is 0 Å². The topological polar surface area (TPSA) is 99.0 Å². The molecule has 1 amide bonds. The third kappa shape index (κ3) is 4.38. The van der Waals surface area contributed by atoms with Gasteiger partial charge in [-0.2, -0.15) is 4.98 Å². The van der Waals surface area contributed by atoms with Crippen LogP contribution in [0.5, 0.6) is 17.2 Å². The summed E-state index contributed by atoms with van der Waals surface area (Å²) < 4.78 is 21.4. The van der Waals surface area contributed by atoms with E-state index in [1.807, 2.05) is 30.3 Å². The Morgan fingerprint density at radius 3 is 2.69 bits per heavy atom. The zero-order chi connectivity index (χ0) is 21.9. The summed E-state index contributed by atoms with van der Waals surface area (Å²) in [7, 11) is 1.63. The van der Waals surface area contributed by atoms with E-state index < -0.39 is 0 Å². The monoisotopic (exact) mass is 436 g/mol. The van der Waals surface area contributed by atoms with Crippen LogP contribution in [0.2, 0.25) is 0 Å². The number of carbonyl (C=O) groups is 1. The first-order chi connectivity index (χ1) is 15.7. The van der Waals surface area contributed by atoms with Crippen molar-refractivity contribution < 1.29 is 23.5 Å². The summed E-state index contributed by atoms with van der Waals surface area (Å²) in [6.07, 6.45) is 1.73. The fourth-order valence-electron chi connectivity index (χ4n) is 3.97. The molecule has 2 aliphatic heterocycles. The highest BCUT2D eigenvalue weighted by atomic mass is 16.7. The predicted octanol–water partition coefficient (Wildman–Crippen LogP) is 3.29. The second-order valence-electron chi connectivity index (χ2n) is 7.85. The molecular formula is C23H24N4O5. The molecule has 1 fully saturated rings. The third-order valence-electron chi connectivity index (χ3n) is 5.75. The number of likely N-dealkylation sites (tertiary alicyclic amines) is 1. The number of hydrogen-bond donors (Lipinski definition) is 1. The number of hydrogen-bond acceptors (Lipinski definition) is 8. The van der Waals surface area contributed by atoms with Crippen LogP contribution in [0.15, 0.2) is 47.0 Å². The van der Waals surface area contributed by atoms with Crippen molar-refractivity contribution in [3.05, 3.63) is 48.4 Å². The molecule has 1 saturated heterocycles. The molecule has 9 nitrogen and oxygen atoms in total. The molecule has 3 aromatic rings. The summed E-state index contributed by atoms with van der Waals surface area (Å²) in [5.74, 6) is 3.50. The summed E-state index contributed by atoms with van der Waals surface area (Å²) in [6.45, 7) is 2.13. The largest absolute Gasteiger partial charge is 0.497 e. The number of anilines is 1. The van der Waals surface area contributed by atoms with Gasteiger partial charge >= 0.3 is 0 Å². The van der Waals surface area contributed by atoms with Crippen LogP contribution in [-0.4, -0.2) is 54.5 Å². The van der Waals surface area contributed by atoms with Gasteiger partial charge in [-0.05, 0) is 62.3 Å². The SMILES string of the molecule is COc1ccc(-c2noc(C3CCN(CC(=O)Nc4ccc5c(c4)OCO5)CC3)n2)cc1. The van der Waals surface area contributed by atoms with Crippen LogP contribution in [0.25, 0.3) is 11.4 Å². The zero-order valence-corrected chi connectivity index (χ0v) is 17.7. The van der Waals surface area contributed by atoms with Gasteiger partial charge in [0, 0.05) is 23.2 Å². The molecule has 166 valence electrons. The summed E-state index contributed by atoms with van der Waals surface area (Å²) >= 11 is 0. The van der Waals surface area contributed by atoms with Gasteiger partial charge in [0.15, 0.2) is 11.5 Å². The van der Waals surface area contributed by atoms with Crippen molar-refractivity contribution in [2.45, 2.75) is 18.8 Å². The van der Waals surface area contributed by atoms with Crippen molar-refractivity contribution in [3.63, 3.8) is 0 Å². The predicted molar refractivity (Wildman–Crippen MR) is 116 cm³/mol. The molecule has 3 heterocycles. The average molecular weight is 436 g/mol. The van der Waals surface area contributed by atoms with E-state index in [0.29, 0.717) is 35.4 Å². The molecular weight excluding hydrogens is 412 g/mol. The van der Waals surface area contributed by atoms with Crippen molar-refractivity contribution in [1.29, 1.82) is 0 Å². The normalized spacial score (nSPS) is 16.2. The third-order valence-corrected chi connectivity index (χ3v) is 5.75. The van der Waals surface area contributed by atoms with E-state index in [1.54, 1.807) is 19.2 Å². The molecule has 0 spiro atoms. The lowest BCUT2D eigenvalue weighted by Gasteiger charge is -2.29. The standard InChI is InChI=1S/C23H24N4O5/c1-29-18-5-2-15(3-6-18)22-25-23(32-26-22)16-8-10-27(11-9-16)13-21(28)24-17-4-7-19-20(12-17)31-14-30-19/h2-7,12,16H,8-11,13-14H2,1H3,(H,24,28). The molecule has 2 aromatic carbocycles. The van der Waals surface area contributed by atoms with Gasteiger partial charge in [0.2, 0.25) is 24.4 Å². The van der Waals surface area contributed by atoms with Gasteiger partial charge in [0.05, 0.1) is 13.7 Å². The maximum Gasteiger partial charge on any atom is 0.238 e. The molecule has 0 radical (unpaired) electrons. The first-order valence-corrected chi connectivity index (χ1v) is 10.6. The molecule has 5 rings (SSSR count). The van der Waals surface area contributed by atoms with Gasteiger partial charge in [-0.15, -0.1) is 0 Å². The average Bonchev–Trinajstić information content (AvgIpc) is 3.49. The number of fused-ring (bicyclic) bond motifs is 1. The van der Waals surface area contributed by atoms with Gasteiger partial charge in [0.1, 0.15) is 5.75 Å². The molecule has 1 aromatic heterocycles. The lowest BCUT2D eigenvalue weighted by Crippen LogP contribution is -2.38. The maximum absolute atomic E-state index is 12.5. The van der Waals surface area contributed by atoms with Crippen molar-refractivity contribution in [2.75, 3.05) is 38.9 Å². The Labute approximate surface area is 185 Å². The van der Waals surface area contributed by atoms with Gasteiger partial charge in [-0.1, -0.05) is 5.16 Å². The number of carbonyl (C=O) groups excluding carboxylic acids is 1. The molecule has 0 bridgehead atoms. The lowest BCUT2D eigenvalue weighted by molar-refractivity contribution is -0.117. The number of aromatic nitrogens is 2. The first kappa shape index (κ1) is 20.3. The van der Waals surface area contributed by atoms with Crippen LogP contribution in [0.3, 0.4) is 0 Å². The van der Waals surface area contributed by atoms with E-state index in [0.717, 1.165) is 37.2 Å². The van der Waals surface area contributed by atoms with E-state index in [-0.39, 0.29) is 18.6 Å². The summed E-state index contributed by atoms with van der Waals surface area (Å²) in [4.78, 5) is 19.2. The highest BCUT2D eigenvalue weighted by molar-refractivity contribution is 5.92. The van der Waals surface area contributed by atoms with Crippen molar-refractivity contribution >= 4 is 11.6 Å². The first-order valence-electron chi connectivity index (χ1n) is 10.6. The molecule has 9 heteroatoms. The van der Waals surface area contributed by atoms with Crippen LogP contribution < -0.4 is 19.5 Å². The van der Waals surface area contributed by atoms with Crippen LogP contribution in [0, 0.1) is 0 Å². The molecule has 32 heavy (non-hydrogen) atoms. The van der Waals surface area contributed by atoms with Crippen LogP contribution in [0.4, 0.5) is 5.69 Å². The Morgan fingerprint density at radius 2 is 1.91 bits per heavy atom. The fraction of sp³-hybridized carbons (Fsp3) is 0.348. The van der Waals surface area contributed by atoms with Gasteiger partial charge < -0.3 is 24.1 Å². The Kier molecular flexibility index (Phi) is 5.64. The number of benzene rings is 2. The van der Waals surface area contributed by atoms with Crippen molar-refractivity contribution in [2.24, 2.45) is 0 Å². The number of amides is 1. The molecule has 0 atom stereocenters. The summed E-state index contributed by atoms with van der Waals surface area (Å²) in [6, 6.07) is 13.0. The summed E-state index contributed by atoms with van der Waals surface area (Å²) in [5.41, 5.74) is 1.59. The van der Waals surface area contributed by atoms with Crippen molar-refractivity contribution in [3.8, 4) is 28.6 Å². The van der Waals surface area contributed by atoms with Crippen molar-refractivity contribution in [1.82, 2.24) is 15.0 Å². The Hall–Kier alpha value is -3.59. The number of piperidine rings is 1. The van der Waals surface area contributed by atoms with Crippen LogP contribution >= 0.6 is 0 Å². The Balaban J connectivity index is 1.12. The highest BCUT2D eigenvalue weighted by Crippen LogP contribution is 2.34. The molecule has 0 saturated carbocycles. The lowest BCUT2D eigenvalue weighted by atomic mass is 9.97. The fourth-order valence-corrected chi connectivity index (χ4v) is 3.97. The van der Waals surface area contributed by atoms with E-state index in [4.69, 9.17) is 18.7 Å². The number of nitrogens with one attached hydrogen (secondary N) is 1. The Morgan fingerprint density at radius 1 is 1.12 bits per heavy atom. The number of methoxy groups -OCH3 is 1. The molecule has 0 unspecified atom stereocenters. The molecule has 0 aliphatic carbocycles. The van der Waals surface area contributed by atoms with E-state index in [9.17, 15) is 4.79 Å². The quantitative estimate of drug-likeness (QED) is 0.629. The van der Waals surface area contributed by atoms with Crippen LogP contribution in [0.1, 0.15) is 24.7 Å². The second-order valence-corrected chi connectivity index (χ2v) is 7.85. The summed E-state index contributed by atoms with van der Waals surface area (Å²) in [5, 5.41) is 7.06. The van der Waals surface area contributed by atoms with Crippen LogP contribution in [-0.2, 0) is 4.79 Å². The second kappa shape index (κ2) is 8.88. The smallest absolute Gasteiger partial charge is 0.238 e. The van der Waals surface area contributed by atoms with Gasteiger partial charge in [-0.3, -0.25) is 9.69 Å². The van der Waals surface area contributed by atoms with E-state index in [2.05, 4.69) is 20.4 Å². The minimum Gasteiger partial charge on any atom is -0.497 e. The Bertz CT molecular complexity index is 1090. The number of rotatable bonds is 6. The van der Waals surface area contributed by atoms with E-state index >= 15 is 0 Å². The highest BCUT2D eigenvalue weighted by Gasteiger charge is 2.26. The minimum absolute atomic E-state index is 0.0538. The number of nitrogens with zero attached hydrogens (tertiary/aromatic N) is 3. The minimum atomic E-state index is -0.0538. The van der Waals surface area contributed by atoms with Gasteiger partial charge in [0.25, 0.3) is 0 Å². The maximum atomic E-state index is 12.5. The zero-order valence-electron chi connectivity index (χ0n) is 17.7.